The van der Waals surface area contributed by atoms with Crippen molar-refractivity contribution < 1.29 is 18.8 Å². The number of imide groups is 1. The summed E-state index contributed by atoms with van der Waals surface area (Å²) in [5, 5.41) is 2.38. The smallest absolute Gasteiger partial charge is 0.254 e. The third kappa shape index (κ3) is 5.39. The fourth-order valence-corrected chi connectivity index (χ4v) is 6.60. The summed E-state index contributed by atoms with van der Waals surface area (Å²) < 4.78 is 5.81. The van der Waals surface area contributed by atoms with Crippen molar-refractivity contribution >= 4 is 23.3 Å². The number of carbonyl (C=O) groups excluding carboxylic acids is 3. The lowest BCUT2D eigenvalue weighted by atomic mass is 9.73. The fraction of sp³-hybridized carbons (Fsp3) is 0.516. The minimum Gasteiger partial charge on any atom is -0.465 e. The summed E-state index contributed by atoms with van der Waals surface area (Å²) in [4.78, 5) is 43.5. The normalized spacial score (nSPS) is 27.1. The largest absolute Gasteiger partial charge is 0.465 e. The lowest BCUT2D eigenvalue weighted by Gasteiger charge is -2.38. The predicted octanol–water partition coefficient (Wildman–Crippen LogP) is 3.65. The third-order valence-corrected chi connectivity index (χ3v) is 8.88. The van der Waals surface area contributed by atoms with Gasteiger partial charge in [0, 0.05) is 57.5 Å². The second kappa shape index (κ2) is 10.3. The van der Waals surface area contributed by atoms with E-state index in [1.807, 2.05) is 18.2 Å². The first-order valence-corrected chi connectivity index (χ1v) is 14.2. The van der Waals surface area contributed by atoms with Gasteiger partial charge in [-0.1, -0.05) is 19.9 Å². The Balaban J connectivity index is 1.05. The average Bonchev–Trinajstić information content (AvgIpc) is 3.55. The van der Waals surface area contributed by atoms with Crippen molar-refractivity contribution in [1.82, 2.24) is 20.0 Å². The van der Waals surface area contributed by atoms with Gasteiger partial charge in [-0.15, -0.1) is 0 Å². The summed E-state index contributed by atoms with van der Waals surface area (Å²) in [6.07, 6.45) is 12.8. The molecule has 0 saturated carbocycles. The molecule has 1 aromatic heterocycles. The average molecular weight is 531 g/mol. The Bertz CT molecular complexity index is 1290. The highest BCUT2D eigenvalue weighted by atomic mass is 16.3. The minimum absolute atomic E-state index is 0.0993. The van der Waals surface area contributed by atoms with Crippen molar-refractivity contribution in [2.75, 3.05) is 39.3 Å². The molecule has 5 aliphatic rings. The molecule has 0 spiro atoms. The molecule has 1 N–H and O–H groups in total. The number of furan rings is 1. The molecule has 8 heteroatoms. The van der Waals surface area contributed by atoms with Crippen LogP contribution in [0.3, 0.4) is 0 Å². The van der Waals surface area contributed by atoms with Crippen molar-refractivity contribution in [3.63, 3.8) is 0 Å². The van der Waals surface area contributed by atoms with E-state index in [9.17, 15) is 14.4 Å². The van der Waals surface area contributed by atoms with Crippen LogP contribution in [0.4, 0.5) is 0 Å². The zero-order valence-electron chi connectivity index (χ0n) is 23.0. The Morgan fingerprint density at radius 3 is 2.67 bits per heavy atom. The molecule has 1 atom stereocenters. The van der Waals surface area contributed by atoms with Gasteiger partial charge in [-0.2, -0.15) is 0 Å². The third-order valence-electron chi connectivity index (χ3n) is 8.88. The molecule has 8 nitrogen and oxygen atoms in total. The van der Waals surface area contributed by atoms with Crippen LogP contribution in [0.15, 0.2) is 63.5 Å². The molecule has 2 saturated heterocycles. The molecule has 2 fully saturated rings. The van der Waals surface area contributed by atoms with E-state index in [-0.39, 0.29) is 24.1 Å². The van der Waals surface area contributed by atoms with Crippen LogP contribution in [0.2, 0.25) is 0 Å². The Morgan fingerprint density at radius 1 is 1.10 bits per heavy atom. The predicted molar refractivity (Wildman–Crippen MR) is 148 cm³/mol. The van der Waals surface area contributed by atoms with Crippen molar-refractivity contribution in [1.29, 1.82) is 0 Å². The first-order chi connectivity index (χ1) is 18.8. The fourth-order valence-electron chi connectivity index (χ4n) is 6.60. The van der Waals surface area contributed by atoms with E-state index in [2.05, 4.69) is 41.2 Å². The second-order valence-electron chi connectivity index (χ2n) is 12.3. The number of allylic oxidation sites excluding steroid dienone is 3. The van der Waals surface area contributed by atoms with Gasteiger partial charge in [-0.3, -0.25) is 24.6 Å². The van der Waals surface area contributed by atoms with Crippen molar-refractivity contribution in [2.45, 2.75) is 58.4 Å². The number of nitrogens with zero attached hydrogens (tertiary/aromatic N) is 3. The minimum atomic E-state index is -0.562. The summed E-state index contributed by atoms with van der Waals surface area (Å²) in [5.74, 6) is 0.308. The lowest BCUT2D eigenvalue weighted by molar-refractivity contribution is -0.142. The molecule has 1 aromatic rings. The van der Waals surface area contributed by atoms with E-state index in [0.29, 0.717) is 24.0 Å². The summed E-state index contributed by atoms with van der Waals surface area (Å²) >= 11 is 0. The van der Waals surface area contributed by atoms with Gasteiger partial charge in [0.2, 0.25) is 11.8 Å². The number of piperidine rings is 1. The quantitative estimate of drug-likeness (QED) is 0.585. The number of amides is 3. The van der Waals surface area contributed by atoms with Crippen LogP contribution < -0.4 is 5.32 Å². The molecule has 39 heavy (non-hydrogen) atoms. The molecule has 6 rings (SSSR count). The zero-order chi connectivity index (χ0) is 27.1. The lowest BCUT2D eigenvalue weighted by Crippen LogP contribution is -2.53. The van der Waals surface area contributed by atoms with Crippen LogP contribution in [0.5, 0.6) is 0 Å². The first kappa shape index (κ1) is 25.9. The molecule has 0 radical (unpaired) electrons. The molecular formula is C31H38N4O4. The standard InChI is InChI=1S/C31H38N4O4/c1-31(2)10-9-22(25(17-31)27-4-3-15-39-27)19-34-13-11-33(12-14-34)18-21-5-6-24-23(16-21)20-35(30(24)38)26-7-8-28(36)32-29(26)37/h3-6,15,18,26H,7-14,16-17,19-20H2,1-2H3,(H,32,36,37). The maximum absolute atomic E-state index is 13.0. The molecule has 2 aliphatic carbocycles. The number of piperazine rings is 1. The topological polar surface area (TPSA) is 86.1 Å². The molecule has 0 aromatic carbocycles. The Hall–Kier alpha value is -3.39. The number of hydrogen-bond acceptors (Lipinski definition) is 6. The van der Waals surface area contributed by atoms with E-state index < -0.39 is 6.04 Å². The zero-order valence-corrected chi connectivity index (χ0v) is 23.0. The van der Waals surface area contributed by atoms with E-state index >= 15 is 0 Å². The van der Waals surface area contributed by atoms with E-state index in [1.54, 1.807) is 11.2 Å². The first-order valence-electron chi connectivity index (χ1n) is 14.2. The van der Waals surface area contributed by atoms with Crippen molar-refractivity contribution in [3.05, 3.63) is 64.8 Å². The molecule has 3 aliphatic heterocycles. The number of nitrogens with one attached hydrogen (secondary N) is 1. The molecular weight excluding hydrogens is 492 g/mol. The van der Waals surface area contributed by atoms with Gasteiger partial charge >= 0.3 is 0 Å². The molecule has 3 amide bonds. The Morgan fingerprint density at radius 2 is 1.92 bits per heavy atom. The molecule has 1 unspecified atom stereocenters. The molecule has 0 bridgehead atoms. The summed E-state index contributed by atoms with van der Waals surface area (Å²) in [5.41, 5.74) is 6.19. The van der Waals surface area contributed by atoms with Gasteiger partial charge in [-0.25, -0.2) is 0 Å². The maximum atomic E-state index is 13.0. The van der Waals surface area contributed by atoms with Crippen LogP contribution >= 0.6 is 0 Å². The van der Waals surface area contributed by atoms with Gasteiger partial charge in [0.05, 0.1) is 6.26 Å². The maximum Gasteiger partial charge on any atom is 0.254 e. The molecule has 206 valence electrons. The summed E-state index contributed by atoms with van der Waals surface area (Å²) in [7, 11) is 0. The van der Waals surface area contributed by atoms with Crippen LogP contribution in [-0.2, 0) is 14.4 Å². The number of hydrogen-bond donors (Lipinski definition) is 1. The van der Waals surface area contributed by atoms with Crippen LogP contribution in [-0.4, -0.2) is 77.7 Å². The SMILES string of the molecule is CC1(C)CCC(CN2CCN(C=C3C=CC4=C(C3)CN(C3CCC(=O)NC3=O)C4=O)CC2)=C(c2ccco2)C1. The van der Waals surface area contributed by atoms with E-state index in [0.717, 1.165) is 63.3 Å². The van der Waals surface area contributed by atoms with E-state index in [1.165, 1.54) is 23.1 Å². The summed E-state index contributed by atoms with van der Waals surface area (Å²) in [6, 6.07) is 3.52. The van der Waals surface area contributed by atoms with Gasteiger partial charge < -0.3 is 14.2 Å². The van der Waals surface area contributed by atoms with Crippen LogP contribution in [0, 0.1) is 5.41 Å². The van der Waals surface area contributed by atoms with Gasteiger partial charge in [0.15, 0.2) is 0 Å². The van der Waals surface area contributed by atoms with Gasteiger partial charge in [-0.05, 0) is 78.0 Å². The van der Waals surface area contributed by atoms with Crippen LogP contribution in [0.1, 0.15) is 58.1 Å². The summed E-state index contributed by atoms with van der Waals surface area (Å²) in [6.45, 7) is 10.1. The highest BCUT2D eigenvalue weighted by Crippen LogP contribution is 2.43. The van der Waals surface area contributed by atoms with Crippen molar-refractivity contribution in [2.24, 2.45) is 5.41 Å². The second-order valence-corrected chi connectivity index (χ2v) is 12.3. The number of rotatable bonds is 5. The van der Waals surface area contributed by atoms with E-state index in [4.69, 9.17) is 4.42 Å². The van der Waals surface area contributed by atoms with Crippen LogP contribution in [0.25, 0.3) is 5.57 Å². The highest BCUT2D eigenvalue weighted by molar-refractivity contribution is 6.06. The highest BCUT2D eigenvalue weighted by Gasteiger charge is 2.40. The van der Waals surface area contributed by atoms with Crippen molar-refractivity contribution in [3.8, 4) is 0 Å². The Kier molecular flexibility index (Phi) is 6.83. The molecule has 4 heterocycles. The van der Waals surface area contributed by atoms with Gasteiger partial charge in [0.1, 0.15) is 11.8 Å². The van der Waals surface area contributed by atoms with Gasteiger partial charge in [0.25, 0.3) is 5.91 Å². The monoisotopic (exact) mass is 530 g/mol. The number of carbonyl (C=O) groups is 3. The Labute approximate surface area is 230 Å².